The number of amides is 1. The summed E-state index contributed by atoms with van der Waals surface area (Å²) in [6, 6.07) is 15.9. The third-order valence-electron chi connectivity index (χ3n) is 8.04. The lowest BCUT2D eigenvalue weighted by Gasteiger charge is -2.40. The van der Waals surface area contributed by atoms with E-state index in [4.69, 9.17) is 0 Å². The quantitative estimate of drug-likeness (QED) is 0.200. The number of hydrogen-bond donors (Lipinski definition) is 2. The highest BCUT2D eigenvalue weighted by Gasteiger charge is 2.43. The number of aromatic nitrogens is 4. The van der Waals surface area contributed by atoms with E-state index in [1.807, 2.05) is 55.5 Å². The maximum Gasteiger partial charge on any atom is 0.282 e. The predicted octanol–water partition coefficient (Wildman–Crippen LogP) is 6.82. The summed E-state index contributed by atoms with van der Waals surface area (Å²) in [5.74, 6) is -2.07. The van der Waals surface area contributed by atoms with Crippen LogP contribution in [-0.2, 0) is 17.6 Å². The number of carbonyl (C=O) groups is 1. The summed E-state index contributed by atoms with van der Waals surface area (Å²) in [7, 11) is 0. The minimum atomic E-state index is -2.57. The molecule has 1 saturated heterocycles. The lowest BCUT2D eigenvalue weighted by atomic mass is 9.82. The molecule has 1 saturated carbocycles. The summed E-state index contributed by atoms with van der Waals surface area (Å²) in [5.41, 5.74) is 4.11. The third-order valence-corrected chi connectivity index (χ3v) is 10.1. The molecule has 1 unspecified atom stereocenters. The lowest BCUT2D eigenvalue weighted by Crippen LogP contribution is -2.56. The van der Waals surface area contributed by atoms with Crippen molar-refractivity contribution in [3.05, 3.63) is 75.2 Å². The highest BCUT2D eigenvalue weighted by atomic mass is 32.1. The van der Waals surface area contributed by atoms with Gasteiger partial charge in [-0.2, -0.15) is 0 Å². The smallest absolute Gasteiger partial charge is 0.282 e. The number of halogens is 2. The summed E-state index contributed by atoms with van der Waals surface area (Å²) in [6.45, 7) is 3.72. The van der Waals surface area contributed by atoms with Crippen LogP contribution >= 0.6 is 22.7 Å². The second-order valence-corrected chi connectivity index (χ2v) is 13.8. The number of hydrogen-bond acceptors (Lipinski definition) is 9. The van der Waals surface area contributed by atoms with Crippen LogP contribution < -0.4 is 15.5 Å². The molecule has 2 aliphatic rings. The molecule has 2 aromatic carbocycles. The summed E-state index contributed by atoms with van der Waals surface area (Å²) in [6.07, 6.45) is 5.22. The maximum atomic E-state index is 13.2. The van der Waals surface area contributed by atoms with Gasteiger partial charge in [-0.05, 0) is 62.8 Å². The van der Waals surface area contributed by atoms with E-state index in [9.17, 15) is 13.6 Å². The number of alkyl halides is 2. The number of anilines is 3. The van der Waals surface area contributed by atoms with Crippen LogP contribution in [0.15, 0.2) is 48.5 Å². The molecule has 1 amide bonds. The Hall–Kier alpha value is -3.51. The Balaban J connectivity index is 0.989. The molecule has 1 aliphatic carbocycles. The lowest BCUT2D eigenvalue weighted by molar-refractivity contribution is -0.115. The number of aryl methyl sites for hydroxylation is 1. The zero-order chi connectivity index (χ0) is 30.0. The molecule has 226 valence electrons. The molecule has 3 heterocycles. The van der Waals surface area contributed by atoms with E-state index in [2.05, 4.69) is 38.0 Å². The van der Waals surface area contributed by atoms with Crippen molar-refractivity contribution in [2.45, 2.75) is 76.2 Å². The Labute approximate surface area is 258 Å². The van der Waals surface area contributed by atoms with Gasteiger partial charge in [-0.3, -0.25) is 4.79 Å². The average molecular weight is 624 g/mol. The first-order valence-electron chi connectivity index (χ1n) is 14.7. The maximum absolute atomic E-state index is 13.2. The molecule has 2 N–H and O–H groups in total. The van der Waals surface area contributed by atoms with E-state index in [-0.39, 0.29) is 31.0 Å². The fraction of sp³-hybridized carbons (Fsp3) is 0.452. The highest BCUT2D eigenvalue weighted by molar-refractivity contribution is 7.15. The van der Waals surface area contributed by atoms with Gasteiger partial charge in [0.1, 0.15) is 10.0 Å². The molecule has 6 rings (SSSR count). The molecular weight excluding hydrogens is 589 g/mol. The van der Waals surface area contributed by atoms with Crippen molar-refractivity contribution < 1.29 is 13.6 Å². The van der Waals surface area contributed by atoms with Gasteiger partial charge in [0.15, 0.2) is 0 Å². The Morgan fingerprint density at radius 2 is 1.53 bits per heavy atom. The van der Waals surface area contributed by atoms with Gasteiger partial charge < -0.3 is 15.5 Å². The Kier molecular flexibility index (Phi) is 8.67. The number of benzene rings is 2. The molecule has 8 nitrogen and oxygen atoms in total. The fourth-order valence-corrected chi connectivity index (χ4v) is 7.66. The Bertz CT molecular complexity index is 1530. The first-order valence-corrected chi connectivity index (χ1v) is 16.3. The summed E-state index contributed by atoms with van der Waals surface area (Å²) in [4.78, 5) is 14.2. The molecule has 4 aromatic rings. The van der Waals surface area contributed by atoms with Crippen molar-refractivity contribution in [2.24, 2.45) is 0 Å². The van der Waals surface area contributed by atoms with E-state index in [1.54, 1.807) is 16.2 Å². The van der Waals surface area contributed by atoms with E-state index in [0.29, 0.717) is 17.5 Å². The zero-order valence-electron chi connectivity index (χ0n) is 24.2. The van der Waals surface area contributed by atoms with Crippen molar-refractivity contribution in [3.8, 4) is 0 Å². The Morgan fingerprint density at radius 1 is 0.930 bits per heavy atom. The SMILES string of the molecule is Cc1ccc(CC(=O)Nc2nnc([C@H]3CCC[C@H](c4nnc(NC(C)Cc5ccc(N6CC(F)(F)C6)cc5)s4)C3)s2)cc1. The highest BCUT2D eigenvalue weighted by Crippen LogP contribution is 2.43. The molecule has 2 aromatic heterocycles. The summed E-state index contributed by atoms with van der Waals surface area (Å²) < 4.78 is 26.4. The predicted molar refractivity (Wildman–Crippen MR) is 168 cm³/mol. The monoisotopic (exact) mass is 623 g/mol. The van der Waals surface area contributed by atoms with Crippen LogP contribution in [0.2, 0.25) is 0 Å². The van der Waals surface area contributed by atoms with Gasteiger partial charge >= 0.3 is 0 Å². The largest absolute Gasteiger partial charge is 0.359 e. The number of rotatable bonds is 10. The number of nitrogens with one attached hydrogen (secondary N) is 2. The third kappa shape index (κ3) is 7.53. The van der Waals surface area contributed by atoms with Crippen LogP contribution in [0.1, 0.15) is 71.1 Å². The number of carbonyl (C=O) groups excluding carboxylic acids is 1. The standard InChI is InChI=1S/C31H35F2N7OS2/c1-19-6-8-22(9-7-19)15-26(41)35-30-39-37-28(43-30)24-5-3-4-23(16-24)27-36-38-29(42-27)34-20(2)14-21-10-12-25(13-11-21)40-17-31(32,33)18-40/h6-13,20,23-24H,3-5,14-18H2,1-2H3,(H,34,38)(H,35,39,41)/t20?,23-,24-/m0/s1. The van der Waals surface area contributed by atoms with Crippen LogP contribution in [0.5, 0.6) is 0 Å². The van der Waals surface area contributed by atoms with Gasteiger partial charge in [0.05, 0.1) is 19.5 Å². The van der Waals surface area contributed by atoms with Crippen LogP contribution in [0.25, 0.3) is 0 Å². The molecule has 12 heteroatoms. The van der Waals surface area contributed by atoms with Crippen molar-refractivity contribution >= 4 is 44.5 Å². The first kappa shape index (κ1) is 29.6. The van der Waals surface area contributed by atoms with Gasteiger partial charge in [-0.15, -0.1) is 20.4 Å². The van der Waals surface area contributed by atoms with Gasteiger partial charge in [0.25, 0.3) is 5.92 Å². The van der Waals surface area contributed by atoms with E-state index in [1.165, 1.54) is 16.9 Å². The molecule has 1 aliphatic heterocycles. The molecular formula is C31H35F2N7OS2. The fourth-order valence-electron chi connectivity index (χ4n) is 5.75. The van der Waals surface area contributed by atoms with Gasteiger partial charge in [-0.25, -0.2) is 8.78 Å². The zero-order valence-corrected chi connectivity index (χ0v) is 25.9. The van der Waals surface area contributed by atoms with Crippen molar-refractivity contribution in [1.82, 2.24) is 20.4 Å². The molecule has 0 radical (unpaired) electrons. The molecule has 2 fully saturated rings. The molecule has 0 bridgehead atoms. The van der Waals surface area contributed by atoms with Gasteiger partial charge in [0, 0.05) is 23.6 Å². The van der Waals surface area contributed by atoms with Crippen molar-refractivity contribution in [3.63, 3.8) is 0 Å². The normalized spacial score (nSPS) is 20.3. The Morgan fingerprint density at radius 3 is 2.19 bits per heavy atom. The topological polar surface area (TPSA) is 95.9 Å². The molecule has 43 heavy (non-hydrogen) atoms. The van der Waals surface area contributed by atoms with Crippen LogP contribution in [0, 0.1) is 6.92 Å². The second-order valence-electron chi connectivity index (χ2n) is 11.8. The van der Waals surface area contributed by atoms with Crippen molar-refractivity contribution in [2.75, 3.05) is 28.6 Å². The summed E-state index contributed by atoms with van der Waals surface area (Å²) in [5, 5.41) is 27.4. The minimum absolute atomic E-state index is 0.0905. The van der Waals surface area contributed by atoms with Crippen LogP contribution in [0.3, 0.4) is 0 Å². The minimum Gasteiger partial charge on any atom is -0.359 e. The van der Waals surface area contributed by atoms with Gasteiger partial charge in [-0.1, -0.05) is 71.1 Å². The molecule has 0 spiro atoms. The average Bonchev–Trinajstić information content (AvgIpc) is 3.63. The second kappa shape index (κ2) is 12.6. The first-order chi connectivity index (χ1) is 20.7. The summed E-state index contributed by atoms with van der Waals surface area (Å²) >= 11 is 3.07. The van der Waals surface area contributed by atoms with E-state index >= 15 is 0 Å². The van der Waals surface area contributed by atoms with E-state index in [0.717, 1.165) is 64.1 Å². The van der Waals surface area contributed by atoms with Crippen LogP contribution in [0.4, 0.5) is 24.7 Å². The molecule has 3 atom stereocenters. The number of nitrogens with zero attached hydrogens (tertiary/aromatic N) is 5. The van der Waals surface area contributed by atoms with Crippen molar-refractivity contribution in [1.29, 1.82) is 0 Å². The van der Waals surface area contributed by atoms with Gasteiger partial charge in [0.2, 0.25) is 16.2 Å². The van der Waals surface area contributed by atoms with Crippen LogP contribution in [-0.4, -0.2) is 51.4 Å². The van der Waals surface area contributed by atoms with E-state index < -0.39 is 5.92 Å².